The predicted octanol–water partition coefficient (Wildman–Crippen LogP) is 2.70. The number of thiophene rings is 1. The van der Waals surface area contributed by atoms with E-state index in [2.05, 4.69) is 10.6 Å². The summed E-state index contributed by atoms with van der Waals surface area (Å²) in [6.45, 7) is 0.223. The minimum absolute atomic E-state index is 0.223. The van der Waals surface area contributed by atoms with Crippen molar-refractivity contribution in [3.8, 4) is 0 Å². The van der Waals surface area contributed by atoms with E-state index in [1.807, 2.05) is 41.8 Å². The molecule has 0 radical (unpaired) electrons. The van der Waals surface area contributed by atoms with Gasteiger partial charge in [-0.25, -0.2) is 4.79 Å². The first kappa shape index (κ1) is 13.1. The number of fused-ring (bicyclic) bond motifs is 1. The smallest absolute Gasteiger partial charge is 0.319 e. The topological polar surface area (TPSA) is 61.4 Å². The van der Waals surface area contributed by atoms with Crippen LogP contribution in [0.15, 0.2) is 41.8 Å². The van der Waals surface area contributed by atoms with E-state index in [0.29, 0.717) is 6.42 Å². The minimum Gasteiger partial charge on any atom is -0.383 e. The number of carbonyl (C=O) groups excluding carboxylic acids is 1. The molecule has 3 rings (SSSR count). The number of aliphatic hydroxyl groups is 1. The van der Waals surface area contributed by atoms with Crippen molar-refractivity contribution in [2.45, 2.75) is 18.4 Å². The third-order valence-corrected chi connectivity index (χ3v) is 4.41. The molecule has 20 heavy (non-hydrogen) atoms. The lowest BCUT2D eigenvalue weighted by molar-refractivity contribution is 0.0417. The normalized spacial score (nSPS) is 20.4. The Hall–Kier alpha value is -1.85. The molecule has 4 nitrogen and oxygen atoms in total. The van der Waals surface area contributed by atoms with Gasteiger partial charge in [-0.1, -0.05) is 24.3 Å². The Bertz CT molecular complexity index is 612. The van der Waals surface area contributed by atoms with E-state index >= 15 is 0 Å². The van der Waals surface area contributed by atoms with Crippen LogP contribution in [0.4, 0.5) is 9.80 Å². The van der Waals surface area contributed by atoms with Crippen LogP contribution in [-0.2, 0) is 12.0 Å². The van der Waals surface area contributed by atoms with Gasteiger partial charge >= 0.3 is 6.03 Å². The fourth-order valence-electron chi connectivity index (χ4n) is 2.58. The zero-order valence-electron chi connectivity index (χ0n) is 10.9. The van der Waals surface area contributed by atoms with E-state index in [1.165, 1.54) is 11.3 Å². The number of hydrogen-bond acceptors (Lipinski definition) is 3. The van der Waals surface area contributed by atoms with Crippen LogP contribution in [0.3, 0.4) is 0 Å². The maximum atomic E-state index is 11.8. The molecule has 1 unspecified atom stereocenters. The van der Waals surface area contributed by atoms with E-state index < -0.39 is 5.60 Å². The number of anilines is 1. The summed E-state index contributed by atoms with van der Waals surface area (Å²) in [7, 11) is 0. The minimum atomic E-state index is -0.955. The van der Waals surface area contributed by atoms with Gasteiger partial charge in [-0.15, -0.1) is 11.3 Å². The third-order valence-electron chi connectivity index (χ3n) is 3.63. The number of rotatable bonds is 3. The average molecular weight is 288 g/mol. The lowest BCUT2D eigenvalue weighted by Gasteiger charge is -2.24. The quantitative estimate of drug-likeness (QED) is 0.813. The first-order valence-electron chi connectivity index (χ1n) is 6.56. The average Bonchev–Trinajstić information content (AvgIpc) is 3.07. The van der Waals surface area contributed by atoms with Crippen LogP contribution in [0.1, 0.15) is 17.5 Å². The number of carbonyl (C=O) groups is 1. The van der Waals surface area contributed by atoms with Crippen molar-refractivity contribution < 1.29 is 9.90 Å². The second-order valence-electron chi connectivity index (χ2n) is 4.97. The molecule has 104 valence electrons. The number of nitrogens with one attached hydrogen (secondary N) is 2. The molecular formula is C15H16N2O2S. The monoisotopic (exact) mass is 288 g/mol. The standard InChI is InChI=1S/C15H16N2O2S/c18-14(17-13-6-3-9-20-13)16-10-15(19)8-7-11-4-1-2-5-12(11)15/h1-6,9,19H,7-8,10H2,(H2,16,17,18). The summed E-state index contributed by atoms with van der Waals surface area (Å²) in [6, 6.07) is 11.3. The maximum absolute atomic E-state index is 11.8. The molecule has 0 bridgehead atoms. The molecule has 1 atom stereocenters. The zero-order chi connectivity index (χ0) is 14.0. The molecule has 1 aromatic carbocycles. The van der Waals surface area contributed by atoms with Crippen LogP contribution in [-0.4, -0.2) is 17.7 Å². The highest BCUT2D eigenvalue weighted by atomic mass is 32.1. The Morgan fingerprint density at radius 1 is 1.30 bits per heavy atom. The van der Waals surface area contributed by atoms with Gasteiger partial charge in [-0.3, -0.25) is 5.32 Å². The molecule has 1 aliphatic rings. The van der Waals surface area contributed by atoms with Crippen molar-refractivity contribution in [1.82, 2.24) is 5.32 Å². The van der Waals surface area contributed by atoms with E-state index in [0.717, 1.165) is 22.5 Å². The summed E-state index contributed by atoms with van der Waals surface area (Å²) < 4.78 is 0. The fourth-order valence-corrected chi connectivity index (χ4v) is 3.20. The second kappa shape index (κ2) is 5.26. The number of hydrogen-bond donors (Lipinski definition) is 3. The summed E-state index contributed by atoms with van der Waals surface area (Å²) in [5.41, 5.74) is 1.13. The Morgan fingerprint density at radius 3 is 2.95 bits per heavy atom. The van der Waals surface area contributed by atoms with Crippen molar-refractivity contribution in [1.29, 1.82) is 0 Å². The van der Waals surface area contributed by atoms with Crippen LogP contribution in [0.5, 0.6) is 0 Å². The van der Waals surface area contributed by atoms with Gasteiger partial charge in [0.2, 0.25) is 0 Å². The first-order chi connectivity index (χ1) is 9.67. The Balaban J connectivity index is 1.62. The number of benzene rings is 1. The largest absolute Gasteiger partial charge is 0.383 e. The molecule has 5 heteroatoms. The van der Waals surface area contributed by atoms with Gasteiger partial charge in [0.15, 0.2) is 0 Å². The van der Waals surface area contributed by atoms with Crippen LogP contribution in [0.2, 0.25) is 0 Å². The van der Waals surface area contributed by atoms with Crippen molar-refractivity contribution >= 4 is 22.4 Å². The highest BCUT2D eigenvalue weighted by Crippen LogP contribution is 2.36. The fraction of sp³-hybridized carbons (Fsp3) is 0.267. The molecule has 1 aromatic heterocycles. The summed E-state index contributed by atoms with van der Waals surface area (Å²) in [6.07, 6.45) is 1.49. The Morgan fingerprint density at radius 2 is 2.15 bits per heavy atom. The van der Waals surface area contributed by atoms with Crippen molar-refractivity contribution in [3.63, 3.8) is 0 Å². The predicted molar refractivity (Wildman–Crippen MR) is 80.0 cm³/mol. The van der Waals surface area contributed by atoms with Crippen LogP contribution < -0.4 is 10.6 Å². The number of amides is 2. The van der Waals surface area contributed by atoms with Crippen molar-refractivity contribution in [2.24, 2.45) is 0 Å². The van der Waals surface area contributed by atoms with Gasteiger partial charge in [0.05, 0.1) is 11.5 Å². The van der Waals surface area contributed by atoms with Gasteiger partial charge < -0.3 is 10.4 Å². The lowest BCUT2D eigenvalue weighted by atomic mass is 9.96. The SMILES string of the molecule is O=C(NCC1(O)CCc2ccccc21)Nc1cccs1. The summed E-state index contributed by atoms with van der Waals surface area (Å²) in [5, 5.41) is 18.9. The summed E-state index contributed by atoms with van der Waals surface area (Å²) >= 11 is 1.46. The highest BCUT2D eigenvalue weighted by Gasteiger charge is 2.36. The van der Waals surface area contributed by atoms with Gasteiger partial charge in [0, 0.05) is 0 Å². The molecule has 0 saturated heterocycles. The molecular weight excluding hydrogens is 272 g/mol. The van der Waals surface area contributed by atoms with Gasteiger partial charge in [-0.2, -0.15) is 0 Å². The Labute approximate surface area is 121 Å². The molecule has 0 aliphatic heterocycles. The number of urea groups is 1. The lowest BCUT2D eigenvalue weighted by Crippen LogP contribution is -2.41. The number of aryl methyl sites for hydroxylation is 1. The van der Waals surface area contributed by atoms with Crippen LogP contribution >= 0.6 is 11.3 Å². The third kappa shape index (κ3) is 2.55. The molecule has 0 fully saturated rings. The van der Waals surface area contributed by atoms with Crippen LogP contribution in [0, 0.1) is 0 Å². The van der Waals surface area contributed by atoms with Gasteiger partial charge in [-0.05, 0) is 41.5 Å². The van der Waals surface area contributed by atoms with Crippen LogP contribution in [0.25, 0.3) is 0 Å². The summed E-state index contributed by atoms with van der Waals surface area (Å²) in [5.74, 6) is 0. The van der Waals surface area contributed by atoms with E-state index in [9.17, 15) is 9.90 Å². The zero-order valence-corrected chi connectivity index (χ0v) is 11.7. The highest BCUT2D eigenvalue weighted by molar-refractivity contribution is 7.14. The molecule has 2 amide bonds. The van der Waals surface area contributed by atoms with E-state index in [1.54, 1.807) is 0 Å². The summed E-state index contributed by atoms with van der Waals surface area (Å²) in [4.78, 5) is 11.8. The van der Waals surface area contributed by atoms with E-state index in [-0.39, 0.29) is 12.6 Å². The first-order valence-corrected chi connectivity index (χ1v) is 7.44. The van der Waals surface area contributed by atoms with Gasteiger partial charge in [0.25, 0.3) is 0 Å². The van der Waals surface area contributed by atoms with E-state index in [4.69, 9.17) is 0 Å². The molecule has 3 N–H and O–H groups in total. The molecule has 0 saturated carbocycles. The maximum Gasteiger partial charge on any atom is 0.319 e. The molecule has 0 spiro atoms. The van der Waals surface area contributed by atoms with Crippen molar-refractivity contribution in [2.75, 3.05) is 11.9 Å². The van der Waals surface area contributed by atoms with Crippen molar-refractivity contribution in [3.05, 3.63) is 52.9 Å². The molecule has 2 aromatic rings. The van der Waals surface area contributed by atoms with Gasteiger partial charge in [0.1, 0.15) is 5.60 Å². The molecule has 1 aliphatic carbocycles. The molecule has 1 heterocycles. The Kier molecular flexibility index (Phi) is 3.46. The second-order valence-corrected chi connectivity index (χ2v) is 5.92.